The molecule has 3 aromatic rings. The molecule has 0 bridgehead atoms. The van der Waals surface area contributed by atoms with E-state index in [2.05, 4.69) is 76.5 Å². The summed E-state index contributed by atoms with van der Waals surface area (Å²) in [4.78, 5) is 9.65. The molecule has 3 rings (SSSR count). The van der Waals surface area contributed by atoms with Crippen molar-refractivity contribution in [2.45, 2.75) is 32.6 Å². The van der Waals surface area contributed by atoms with E-state index in [0.29, 0.717) is 0 Å². The van der Waals surface area contributed by atoms with Gasteiger partial charge in [0, 0.05) is 0 Å². The first kappa shape index (κ1) is 19.5. The normalized spacial score (nSPS) is 11.6. The molecule has 0 saturated carbocycles. The van der Waals surface area contributed by atoms with Crippen molar-refractivity contribution in [3.63, 3.8) is 0 Å². The zero-order chi connectivity index (χ0) is 18.9. The molecule has 0 aliphatic heterocycles. The second kappa shape index (κ2) is 10.2. The quantitative estimate of drug-likeness (QED) is 0.286. The molecule has 0 radical (unpaired) electrons. The molecule has 0 saturated heterocycles. The molecular weight excluding hydrogens is 372 g/mol. The van der Waals surface area contributed by atoms with Crippen LogP contribution in [0.4, 0.5) is 0 Å². The van der Waals surface area contributed by atoms with Gasteiger partial charge in [0.2, 0.25) is 0 Å². The van der Waals surface area contributed by atoms with Crippen LogP contribution in [-0.4, -0.2) is 17.2 Å². The Labute approximate surface area is 170 Å². The van der Waals surface area contributed by atoms with E-state index in [1.54, 1.807) is 0 Å². The molecule has 1 aromatic heterocycles. The molecule has 0 amide bonds. The first-order valence-electron chi connectivity index (χ1n) is 9.60. The van der Waals surface area contributed by atoms with Gasteiger partial charge in [0.25, 0.3) is 0 Å². The van der Waals surface area contributed by atoms with Crippen LogP contribution in [0.5, 0.6) is 0 Å². The zero-order valence-corrected chi connectivity index (χ0v) is 16.8. The van der Waals surface area contributed by atoms with E-state index < -0.39 is 0 Å². The summed E-state index contributed by atoms with van der Waals surface area (Å²) >= 11 is 3.99. The van der Waals surface area contributed by atoms with Crippen LogP contribution in [0.1, 0.15) is 43.9 Å². The molecule has 2 nitrogen and oxygen atoms in total. The molecule has 0 aliphatic carbocycles. The van der Waals surface area contributed by atoms with Crippen LogP contribution in [0.2, 0.25) is 0 Å². The number of aliphatic imine (C=N–C) groups is 1. The fourth-order valence-electron chi connectivity index (χ4n) is 3.13. The molecule has 3 heteroatoms. The van der Waals surface area contributed by atoms with Gasteiger partial charge in [-0.15, -0.1) is 0 Å². The van der Waals surface area contributed by atoms with E-state index >= 15 is 0 Å². The topological polar surface area (TPSA) is 25.2 Å². The third-order valence-electron chi connectivity index (χ3n) is 4.50. The molecule has 0 N–H and O–H groups in total. The van der Waals surface area contributed by atoms with Crippen molar-refractivity contribution in [1.82, 2.24) is 4.98 Å². The Bertz CT molecular complexity index is 888. The number of hydrogen-bond acceptors (Lipinski definition) is 2. The maximum absolute atomic E-state index is 4.99. The van der Waals surface area contributed by atoms with Gasteiger partial charge in [-0.3, -0.25) is 0 Å². The van der Waals surface area contributed by atoms with E-state index in [-0.39, 0.29) is 0 Å². The summed E-state index contributed by atoms with van der Waals surface area (Å²) in [5.41, 5.74) is 5.34. The van der Waals surface area contributed by atoms with Crippen molar-refractivity contribution >= 4 is 10.3 Å². The molecule has 0 aliphatic rings. The monoisotopic (exact) mass is 397 g/mol. The number of benzene rings is 2. The Hall–Kier alpha value is -2.22. The van der Waals surface area contributed by atoms with Gasteiger partial charge in [-0.05, 0) is 0 Å². The summed E-state index contributed by atoms with van der Waals surface area (Å²) < 4.78 is 0.767. The number of unbranched alkanes of at least 4 members (excludes halogenated alkanes) is 3. The standard InChI is InChI=1S/C24H25N2.Fe/c1-2-3-4-11-19-26-24(23-17-10-12-18-25-23)22-16-9-8-15-21(22)20-13-6-5-7-14-20;/h5-10,12-17H,2-4,11,19H2,1H3;. The minimum atomic E-state index is 0.767. The van der Waals surface area contributed by atoms with Gasteiger partial charge in [0.05, 0.1) is 0 Å². The predicted molar refractivity (Wildman–Crippen MR) is 110 cm³/mol. The van der Waals surface area contributed by atoms with Gasteiger partial charge >= 0.3 is 171 Å². The average molecular weight is 397 g/mol. The summed E-state index contributed by atoms with van der Waals surface area (Å²) in [5, 5.41) is 0. The summed E-state index contributed by atoms with van der Waals surface area (Å²) in [6, 6.07) is 24.9. The van der Waals surface area contributed by atoms with Crippen molar-refractivity contribution in [3.8, 4) is 11.1 Å². The van der Waals surface area contributed by atoms with Gasteiger partial charge in [-0.25, -0.2) is 0 Å². The number of rotatable bonds is 8. The van der Waals surface area contributed by atoms with Crippen LogP contribution in [0.3, 0.4) is 0 Å². The molecule has 0 atom stereocenters. The second-order valence-electron chi connectivity index (χ2n) is 6.54. The molecule has 2 aromatic carbocycles. The SMILES string of the molecule is CCCCCCN=C(c1ccc[c]([Fe])n1)c1ccccc1-c1ccccc1. The molecule has 0 fully saturated rings. The van der Waals surface area contributed by atoms with E-state index in [0.717, 1.165) is 34.5 Å². The van der Waals surface area contributed by atoms with E-state index in [1.165, 1.54) is 30.4 Å². The fraction of sp³-hybridized carbons (Fsp3) is 0.250. The Balaban J connectivity index is 2.02. The Morgan fingerprint density at radius 3 is 2.41 bits per heavy atom. The molecular formula is C24H25FeN2. The average Bonchev–Trinajstić information content (AvgIpc) is 2.71. The van der Waals surface area contributed by atoms with E-state index in [4.69, 9.17) is 4.99 Å². The third-order valence-corrected chi connectivity index (χ3v) is 4.81. The van der Waals surface area contributed by atoms with Crippen LogP contribution in [0, 0.1) is 0 Å². The molecule has 27 heavy (non-hydrogen) atoms. The zero-order valence-electron chi connectivity index (χ0n) is 15.7. The molecule has 1 heterocycles. The second-order valence-corrected chi connectivity index (χ2v) is 7.10. The molecule has 0 spiro atoms. The van der Waals surface area contributed by atoms with Crippen molar-refractivity contribution in [2.24, 2.45) is 4.99 Å². The van der Waals surface area contributed by atoms with Crippen molar-refractivity contribution in [1.29, 1.82) is 0 Å². The Morgan fingerprint density at radius 2 is 1.63 bits per heavy atom. The van der Waals surface area contributed by atoms with Crippen LogP contribution in [0.25, 0.3) is 11.1 Å². The van der Waals surface area contributed by atoms with Gasteiger partial charge in [-0.2, -0.15) is 0 Å². The third kappa shape index (κ3) is 5.38. The summed E-state index contributed by atoms with van der Waals surface area (Å²) in [6.07, 6.45) is 4.82. The van der Waals surface area contributed by atoms with Crippen LogP contribution in [0.15, 0.2) is 77.8 Å². The van der Waals surface area contributed by atoms with Gasteiger partial charge in [0.1, 0.15) is 0 Å². The first-order chi connectivity index (χ1) is 13.3. The van der Waals surface area contributed by atoms with E-state index in [1.807, 2.05) is 24.3 Å². The van der Waals surface area contributed by atoms with Crippen molar-refractivity contribution in [3.05, 3.63) is 84.1 Å². The number of nitrogens with zero attached hydrogens (tertiary/aromatic N) is 2. The van der Waals surface area contributed by atoms with Crippen molar-refractivity contribution < 1.29 is 16.0 Å². The van der Waals surface area contributed by atoms with Gasteiger partial charge < -0.3 is 0 Å². The van der Waals surface area contributed by atoms with E-state index in [9.17, 15) is 0 Å². The maximum atomic E-state index is 4.99. The number of aromatic nitrogens is 1. The minimum absolute atomic E-state index is 0.767. The number of pyridine rings is 1. The summed E-state index contributed by atoms with van der Waals surface area (Å²) in [6.45, 7) is 3.05. The first-order valence-corrected chi connectivity index (χ1v) is 10.2. The Morgan fingerprint density at radius 1 is 0.852 bits per heavy atom. The predicted octanol–water partition coefficient (Wildman–Crippen LogP) is 5.34. The molecule has 0 unspecified atom stereocenters. The summed E-state index contributed by atoms with van der Waals surface area (Å²) in [5.74, 6) is 0. The Kier molecular flexibility index (Phi) is 7.38. The van der Waals surface area contributed by atoms with Gasteiger partial charge in [-0.1, -0.05) is 0 Å². The molecule has 139 valence electrons. The summed E-state index contributed by atoms with van der Waals surface area (Å²) in [7, 11) is 0. The van der Waals surface area contributed by atoms with Crippen molar-refractivity contribution in [2.75, 3.05) is 6.54 Å². The van der Waals surface area contributed by atoms with Crippen LogP contribution < -0.4 is 4.59 Å². The van der Waals surface area contributed by atoms with Gasteiger partial charge in [0.15, 0.2) is 0 Å². The fourth-order valence-corrected chi connectivity index (χ4v) is 3.37. The van der Waals surface area contributed by atoms with Crippen LogP contribution >= 0.6 is 0 Å². The number of hydrogen-bond donors (Lipinski definition) is 0. The van der Waals surface area contributed by atoms with Crippen LogP contribution in [-0.2, 0) is 16.0 Å².